The van der Waals surface area contributed by atoms with Gasteiger partial charge in [-0.1, -0.05) is 0 Å². The summed E-state index contributed by atoms with van der Waals surface area (Å²) in [7, 11) is 0. The van der Waals surface area contributed by atoms with Gasteiger partial charge in [-0.3, -0.25) is 9.59 Å². The van der Waals surface area contributed by atoms with Crippen LogP contribution in [0.5, 0.6) is 0 Å². The van der Waals surface area contributed by atoms with E-state index in [1.165, 1.54) is 0 Å². The highest BCUT2D eigenvalue weighted by Crippen LogP contribution is 1.87. The smallest absolute Gasteiger partial charge is 0.327 e. The van der Waals surface area contributed by atoms with Crippen LogP contribution in [0.1, 0.15) is 0 Å². The number of aliphatic carboxylic acids is 1. The Kier molecular flexibility index (Phi) is 7.26. The number of hydrogen-bond acceptors (Lipinski definition) is 6. The maximum absolute atomic E-state index is 11.2. The van der Waals surface area contributed by atoms with Crippen molar-refractivity contribution in [1.82, 2.24) is 10.6 Å². The van der Waals surface area contributed by atoms with Crippen molar-refractivity contribution in [3.8, 4) is 0 Å². The van der Waals surface area contributed by atoms with Crippen molar-refractivity contribution in [2.75, 3.05) is 18.9 Å². The SMILES string of the molecule is N[C@@H](CO)C(=O)NCC(=O)N[C@@H](CS)C(=O)O. The quantitative estimate of drug-likeness (QED) is 0.270. The lowest BCUT2D eigenvalue weighted by molar-refractivity contribution is -0.141. The van der Waals surface area contributed by atoms with Crippen LogP contribution in [-0.4, -0.2) is 59.0 Å². The molecule has 2 amide bonds. The molecule has 0 heterocycles. The highest BCUT2D eigenvalue weighted by molar-refractivity contribution is 7.80. The molecule has 9 heteroatoms. The topological polar surface area (TPSA) is 142 Å². The fraction of sp³-hybridized carbons (Fsp3) is 0.625. The molecule has 0 aliphatic heterocycles. The first-order valence-corrected chi connectivity index (χ1v) is 5.32. The molecule has 6 N–H and O–H groups in total. The minimum Gasteiger partial charge on any atom is -0.480 e. The summed E-state index contributed by atoms with van der Waals surface area (Å²) in [6, 6.07) is -2.22. The van der Waals surface area contributed by atoms with Crippen LogP contribution in [-0.2, 0) is 14.4 Å². The van der Waals surface area contributed by atoms with Crippen molar-refractivity contribution in [3.63, 3.8) is 0 Å². The summed E-state index contributed by atoms with van der Waals surface area (Å²) in [5.74, 6) is -2.65. The first-order valence-electron chi connectivity index (χ1n) is 4.69. The van der Waals surface area contributed by atoms with E-state index in [0.717, 1.165) is 0 Å². The molecule has 0 spiro atoms. The van der Waals surface area contributed by atoms with Crippen molar-refractivity contribution < 1.29 is 24.6 Å². The highest BCUT2D eigenvalue weighted by atomic mass is 32.1. The molecule has 8 nitrogen and oxygen atoms in total. The fourth-order valence-corrected chi connectivity index (χ4v) is 1.06. The Labute approximate surface area is 103 Å². The number of carboxylic acids is 1. The molecule has 0 unspecified atom stereocenters. The molecule has 0 fully saturated rings. The van der Waals surface area contributed by atoms with E-state index in [2.05, 4.69) is 23.3 Å². The van der Waals surface area contributed by atoms with Gasteiger partial charge in [-0.25, -0.2) is 4.79 Å². The van der Waals surface area contributed by atoms with Crippen LogP contribution in [0.25, 0.3) is 0 Å². The molecule has 0 aromatic carbocycles. The van der Waals surface area contributed by atoms with Gasteiger partial charge in [-0.15, -0.1) is 0 Å². The highest BCUT2D eigenvalue weighted by Gasteiger charge is 2.19. The minimum absolute atomic E-state index is 0.0643. The lowest BCUT2D eigenvalue weighted by Crippen LogP contribution is -2.49. The molecule has 0 rings (SSSR count). The molecule has 17 heavy (non-hydrogen) atoms. The third-order valence-electron chi connectivity index (χ3n) is 1.77. The van der Waals surface area contributed by atoms with Crippen LogP contribution in [0.4, 0.5) is 0 Å². The Morgan fingerprint density at radius 1 is 1.35 bits per heavy atom. The number of aliphatic hydroxyl groups is 1. The number of nitrogens with one attached hydrogen (secondary N) is 2. The zero-order valence-corrected chi connectivity index (χ0v) is 9.81. The zero-order chi connectivity index (χ0) is 13.4. The Balaban J connectivity index is 4.03. The molecule has 0 radical (unpaired) electrons. The Bertz CT molecular complexity index is 299. The van der Waals surface area contributed by atoms with Crippen LogP contribution in [0.3, 0.4) is 0 Å². The average molecular weight is 265 g/mol. The van der Waals surface area contributed by atoms with Crippen LogP contribution in [0.2, 0.25) is 0 Å². The van der Waals surface area contributed by atoms with Crippen LogP contribution < -0.4 is 16.4 Å². The lowest BCUT2D eigenvalue weighted by atomic mass is 10.3. The third kappa shape index (κ3) is 6.09. The van der Waals surface area contributed by atoms with Gasteiger partial charge in [0, 0.05) is 5.75 Å². The van der Waals surface area contributed by atoms with E-state index in [-0.39, 0.29) is 5.75 Å². The first-order chi connectivity index (χ1) is 7.92. The number of thiol groups is 1. The summed E-state index contributed by atoms with van der Waals surface area (Å²) in [4.78, 5) is 32.8. The monoisotopic (exact) mass is 265 g/mol. The van der Waals surface area contributed by atoms with Crippen LogP contribution in [0.15, 0.2) is 0 Å². The summed E-state index contributed by atoms with van der Waals surface area (Å²) < 4.78 is 0. The molecule has 0 aromatic heterocycles. The summed E-state index contributed by atoms with van der Waals surface area (Å²) in [5, 5.41) is 21.5. The standard InChI is InChI=1S/C8H15N3O5S/c9-4(2-12)7(14)10-1-6(13)11-5(3-17)8(15)16/h4-5,12,17H,1-3,9H2,(H,10,14)(H,11,13)(H,15,16)/t4-,5-/m0/s1. The molecular weight excluding hydrogens is 250 g/mol. The second-order valence-electron chi connectivity index (χ2n) is 3.15. The molecule has 0 bridgehead atoms. The number of aliphatic hydroxyl groups excluding tert-OH is 1. The van der Waals surface area contributed by atoms with Crippen molar-refractivity contribution in [3.05, 3.63) is 0 Å². The molecule has 0 aromatic rings. The first kappa shape index (κ1) is 15.7. The molecular formula is C8H15N3O5S. The summed E-state index contributed by atoms with van der Waals surface area (Å²) in [6.45, 7) is -0.952. The van der Waals surface area contributed by atoms with Crippen LogP contribution in [0, 0.1) is 0 Å². The normalized spacial score (nSPS) is 13.6. The molecule has 0 aliphatic rings. The van der Waals surface area contributed by atoms with Crippen LogP contribution >= 0.6 is 12.6 Å². The second kappa shape index (κ2) is 7.87. The van der Waals surface area contributed by atoms with Gasteiger partial charge in [-0.05, 0) is 0 Å². The summed E-state index contributed by atoms with van der Waals surface area (Å²) in [5.41, 5.74) is 5.18. The van der Waals surface area contributed by atoms with E-state index in [1.807, 2.05) is 0 Å². The molecule has 2 atom stereocenters. The minimum atomic E-state index is -1.22. The predicted octanol–water partition coefficient (Wildman–Crippen LogP) is -3.08. The maximum Gasteiger partial charge on any atom is 0.327 e. The molecule has 0 aliphatic carbocycles. The number of carbonyl (C=O) groups excluding carboxylic acids is 2. The van der Waals surface area contributed by atoms with E-state index in [1.54, 1.807) is 0 Å². The Morgan fingerprint density at radius 2 is 1.94 bits per heavy atom. The number of rotatable bonds is 7. The third-order valence-corrected chi connectivity index (χ3v) is 2.14. The van der Waals surface area contributed by atoms with Gasteiger partial charge in [0.15, 0.2) is 0 Å². The second-order valence-corrected chi connectivity index (χ2v) is 3.51. The van der Waals surface area contributed by atoms with Crippen molar-refractivity contribution in [2.45, 2.75) is 12.1 Å². The Morgan fingerprint density at radius 3 is 2.35 bits per heavy atom. The van der Waals surface area contributed by atoms with E-state index in [4.69, 9.17) is 15.9 Å². The van der Waals surface area contributed by atoms with Gasteiger partial charge in [0.05, 0.1) is 13.2 Å². The lowest BCUT2D eigenvalue weighted by Gasteiger charge is -2.13. The summed E-state index contributed by atoms with van der Waals surface area (Å²) >= 11 is 3.75. The van der Waals surface area contributed by atoms with E-state index in [0.29, 0.717) is 0 Å². The zero-order valence-electron chi connectivity index (χ0n) is 8.92. The van der Waals surface area contributed by atoms with Crippen molar-refractivity contribution in [2.24, 2.45) is 5.73 Å². The van der Waals surface area contributed by atoms with Gasteiger partial charge < -0.3 is 26.6 Å². The molecule has 0 saturated heterocycles. The largest absolute Gasteiger partial charge is 0.480 e. The number of nitrogens with two attached hydrogens (primary N) is 1. The number of amides is 2. The average Bonchev–Trinajstić information content (AvgIpc) is 2.31. The van der Waals surface area contributed by atoms with Crippen molar-refractivity contribution in [1.29, 1.82) is 0 Å². The fourth-order valence-electron chi connectivity index (χ4n) is 0.812. The molecule has 98 valence electrons. The number of hydrogen-bond donors (Lipinski definition) is 6. The molecule has 0 saturated carbocycles. The predicted molar refractivity (Wildman–Crippen MR) is 61.5 cm³/mol. The van der Waals surface area contributed by atoms with Gasteiger partial charge in [0.25, 0.3) is 0 Å². The number of carboxylic acid groups (broad SMARTS) is 1. The van der Waals surface area contributed by atoms with Gasteiger partial charge in [0.1, 0.15) is 12.1 Å². The Hall–Kier alpha value is -1.32. The van der Waals surface area contributed by atoms with E-state index in [9.17, 15) is 14.4 Å². The maximum atomic E-state index is 11.2. The van der Waals surface area contributed by atoms with Gasteiger partial charge in [-0.2, -0.15) is 12.6 Å². The number of carbonyl (C=O) groups is 3. The van der Waals surface area contributed by atoms with E-state index >= 15 is 0 Å². The summed E-state index contributed by atoms with van der Waals surface area (Å²) in [6.07, 6.45) is 0. The van der Waals surface area contributed by atoms with Gasteiger partial charge >= 0.3 is 5.97 Å². The van der Waals surface area contributed by atoms with Gasteiger partial charge in [0.2, 0.25) is 11.8 Å². The van der Waals surface area contributed by atoms with Crippen molar-refractivity contribution >= 4 is 30.4 Å². The van der Waals surface area contributed by atoms with E-state index < -0.39 is 43.0 Å².